The number of aryl methyl sites for hydroxylation is 2. The van der Waals surface area contributed by atoms with Crippen LogP contribution < -0.4 is 5.73 Å². The molecule has 96 valence electrons. The smallest absolute Gasteiger partial charge is 0.127 e. The Hall–Kier alpha value is -2.13. The first kappa shape index (κ1) is 11.9. The lowest BCUT2D eigenvalue weighted by Crippen LogP contribution is -2.02. The summed E-state index contributed by atoms with van der Waals surface area (Å²) in [5.41, 5.74) is 11.8. The molecule has 0 amide bonds. The van der Waals surface area contributed by atoms with E-state index in [1.165, 1.54) is 22.3 Å². The Kier molecular flexibility index (Phi) is 2.84. The molecule has 2 N–H and O–H groups in total. The number of benzene rings is 1. The fourth-order valence-electron chi connectivity index (χ4n) is 2.60. The van der Waals surface area contributed by atoms with Gasteiger partial charge >= 0.3 is 0 Å². The van der Waals surface area contributed by atoms with Gasteiger partial charge in [-0.05, 0) is 25.5 Å². The van der Waals surface area contributed by atoms with Crippen molar-refractivity contribution in [1.29, 1.82) is 0 Å². The summed E-state index contributed by atoms with van der Waals surface area (Å²) in [6, 6.07) is 10.8. The standard InChI is InChI=1S/C16H17N3/c1-11-6-12(2)8-13(7-11)14-4-3-5-19-15(14)10-18-16(19)9-17/h3-8,10H,9,17H2,1-2H3. The number of aromatic nitrogens is 2. The molecule has 3 nitrogen and oxygen atoms in total. The van der Waals surface area contributed by atoms with Crippen LogP contribution in [0.1, 0.15) is 17.0 Å². The third-order valence-corrected chi connectivity index (χ3v) is 3.36. The molecule has 0 bridgehead atoms. The number of hydrogen-bond acceptors (Lipinski definition) is 2. The van der Waals surface area contributed by atoms with Gasteiger partial charge in [0.25, 0.3) is 0 Å². The lowest BCUT2D eigenvalue weighted by molar-refractivity contribution is 0.904. The van der Waals surface area contributed by atoms with Crippen LogP contribution in [0, 0.1) is 13.8 Å². The third kappa shape index (κ3) is 2.02. The normalized spacial score (nSPS) is 11.1. The van der Waals surface area contributed by atoms with Crippen LogP contribution in [0.2, 0.25) is 0 Å². The molecule has 0 aliphatic carbocycles. The predicted molar refractivity (Wildman–Crippen MR) is 78.0 cm³/mol. The fourth-order valence-corrected chi connectivity index (χ4v) is 2.60. The highest BCUT2D eigenvalue weighted by atomic mass is 15.0. The van der Waals surface area contributed by atoms with Gasteiger partial charge in [0.15, 0.2) is 0 Å². The van der Waals surface area contributed by atoms with E-state index in [0.29, 0.717) is 6.54 Å². The molecule has 19 heavy (non-hydrogen) atoms. The van der Waals surface area contributed by atoms with Gasteiger partial charge in [0.05, 0.1) is 18.3 Å². The summed E-state index contributed by atoms with van der Waals surface area (Å²) in [4.78, 5) is 4.38. The van der Waals surface area contributed by atoms with Crippen molar-refractivity contribution in [3.63, 3.8) is 0 Å². The summed E-state index contributed by atoms with van der Waals surface area (Å²) < 4.78 is 2.06. The number of hydrogen-bond donors (Lipinski definition) is 1. The van der Waals surface area contributed by atoms with Crippen molar-refractivity contribution in [1.82, 2.24) is 9.38 Å². The maximum Gasteiger partial charge on any atom is 0.127 e. The number of fused-ring (bicyclic) bond motifs is 1. The fraction of sp³-hybridized carbons (Fsp3) is 0.188. The minimum Gasteiger partial charge on any atom is -0.324 e. The van der Waals surface area contributed by atoms with E-state index < -0.39 is 0 Å². The highest BCUT2D eigenvalue weighted by molar-refractivity contribution is 5.80. The van der Waals surface area contributed by atoms with Crippen molar-refractivity contribution in [2.24, 2.45) is 5.73 Å². The average Bonchev–Trinajstić information content (AvgIpc) is 2.80. The van der Waals surface area contributed by atoms with Gasteiger partial charge in [0.1, 0.15) is 5.82 Å². The molecule has 3 rings (SSSR count). The van der Waals surface area contributed by atoms with Crippen molar-refractivity contribution in [3.05, 3.63) is 59.7 Å². The van der Waals surface area contributed by atoms with Crippen LogP contribution in [0.3, 0.4) is 0 Å². The number of nitrogens with zero attached hydrogens (tertiary/aromatic N) is 2. The molecule has 1 aromatic carbocycles. The average molecular weight is 251 g/mol. The summed E-state index contributed by atoms with van der Waals surface area (Å²) in [7, 11) is 0. The molecule has 0 atom stereocenters. The maximum absolute atomic E-state index is 5.71. The Bertz CT molecular complexity index is 721. The van der Waals surface area contributed by atoms with Crippen LogP contribution in [0.25, 0.3) is 16.6 Å². The molecule has 2 aromatic heterocycles. The summed E-state index contributed by atoms with van der Waals surface area (Å²) in [6.45, 7) is 4.70. The van der Waals surface area contributed by atoms with E-state index in [9.17, 15) is 0 Å². The van der Waals surface area contributed by atoms with Gasteiger partial charge < -0.3 is 10.1 Å². The molecular formula is C16H17N3. The molecule has 3 heteroatoms. The lowest BCUT2D eigenvalue weighted by atomic mass is 10.0. The quantitative estimate of drug-likeness (QED) is 0.760. The Morgan fingerprint density at radius 2 is 1.89 bits per heavy atom. The van der Waals surface area contributed by atoms with E-state index in [1.54, 1.807) is 0 Å². The summed E-state index contributed by atoms with van der Waals surface area (Å²) >= 11 is 0. The predicted octanol–water partition coefficient (Wildman–Crippen LogP) is 3.08. The van der Waals surface area contributed by atoms with Crippen molar-refractivity contribution in [2.75, 3.05) is 0 Å². The Labute approximate surface area is 112 Å². The molecule has 0 spiro atoms. The number of imidazole rings is 1. The Morgan fingerprint density at radius 1 is 1.16 bits per heavy atom. The first-order valence-corrected chi connectivity index (χ1v) is 6.43. The second-order valence-corrected chi connectivity index (χ2v) is 4.93. The van der Waals surface area contributed by atoms with Crippen LogP contribution >= 0.6 is 0 Å². The van der Waals surface area contributed by atoms with Gasteiger partial charge in [-0.15, -0.1) is 0 Å². The molecular weight excluding hydrogens is 234 g/mol. The van der Waals surface area contributed by atoms with Crippen LogP contribution in [0.15, 0.2) is 42.7 Å². The molecule has 0 aliphatic heterocycles. The van der Waals surface area contributed by atoms with Crippen LogP contribution in [-0.2, 0) is 6.54 Å². The SMILES string of the molecule is Cc1cc(C)cc(-c2cccn3c(CN)ncc23)c1. The van der Waals surface area contributed by atoms with Crippen molar-refractivity contribution >= 4 is 5.52 Å². The number of pyridine rings is 1. The van der Waals surface area contributed by atoms with Crippen LogP contribution in [0.4, 0.5) is 0 Å². The van der Waals surface area contributed by atoms with E-state index in [0.717, 1.165) is 11.3 Å². The largest absolute Gasteiger partial charge is 0.324 e. The minimum atomic E-state index is 0.449. The van der Waals surface area contributed by atoms with E-state index in [-0.39, 0.29) is 0 Å². The van der Waals surface area contributed by atoms with E-state index >= 15 is 0 Å². The summed E-state index contributed by atoms with van der Waals surface area (Å²) in [5, 5.41) is 0. The molecule has 3 aromatic rings. The molecule has 2 heterocycles. The monoisotopic (exact) mass is 251 g/mol. The lowest BCUT2D eigenvalue weighted by Gasteiger charge is -2.08. The zero-order valence-electron chi connectivity index (χ0n) is 11.2. The molecule has 0 saturated heterocycles. The minimum absolute atomic E-state index is 0.449. The third-order valence-electron chi connectivity index (χ3n) is 3.36. The van der Waals surface area contributed by atoms with Crippen molar-refractivity contribution in [3.8, 4) is 11.1 Å². The molecule has 0 radical (unpaired) electrons. The Morgan fingerprint density at radius 3 is 2.58 bits per heavy atom. The van der Waals surface area contributed by atoms with Crippen LogP contribution in [0.5, 0.6) is 0 Å². The molecule has 0 unspecified atom stereocenters. The van der Waals surface area contributed by atoms with Gasteiger partial charge in [0, 0.05) is 11.8 Å². The van der Waals surface area contributed by atoms with Crippen molar-refractivity contribution < 1.29 is 0 Å². The number of rotatable bonds is 2. The van der Waals surface area contributed by atoms with Crippen LogP contribution in [-0.4, -0.2) is 9.38 Å². The van der Waals surface area contributed by atoms with Gasteiger partial charge in [0.2, 0.25) is 0 Å². The first-order valence-electron chi connectivity index (χ1n) is 6.43. The highest BCUT2D eigenvalue weighted by Gasteiger charge is 2.08. The van der Waals surface area contributed by atoms with Gasteiger partial charge in [-0.1, -0.05) is 35.4 Å². The van der Waals surface area contributed by atoms with E-state index in [1.807, 2.05) is 18.5 Å². The zero-order valence-corrected chi connectivity index (χ0v) is 11.2. The Balaban J connectivity index is 2.27. The second kappa shape index (κ2) is 4.52. The molecule has 0 aliphatic rings. The molecule has 0 fully saturated rings. The molecule has 0 saturated carbocycles. The van der Waals surface area contributed by atoms with E-state index in [2.05, 4.69) is 47.5 Å². The second-order valence-electron chi connectivity index (χ2n) is 4.93. The van der Waals surface area contributed by atoms with E-state index in [4.69, 9.17) is 5.73 Å². The summed E-state index contributed by atoms with van der Waals surface area (Å²) in [5.74, 6) is 0.890. The van der Waals surface area contributed by atoms with Gasteiger partial charge in [-0.2, -0.15) is 0 Å². The summed E-state index contributed by atoms with van der Waals surface area (Å²) in [6.07, 6.45) is 3.91. The highest BCUT2D eigenvalue weighted by Crippen LogP contribution is 2.27. The first-order chi connectivity index (χ1) is 9.19. The maximum atomic E-state index is 5.71. The zero-order chi connectivity index (χ0) is 13.4. The van der Waals surface area contributed by atoms with Gasteiger partial charge in [-0.25, -0.2) is 4.98 Å². The topological polar surface area (TPSA) is 43.3 Å². The van der Waals surface area contributed by atoms with Gasteiger partial charge in [-0.3, -0.25) is 0 Å². The number of nitrogens with two attached hydrogens (primary N) is 1. The van der Waals surface area contributed by atoms with Crippen molar-refractivity contribution in [2.45, 2.75) is 20.4 Å².